The minimum atomic E-state index is 0.625. The van der Waals surface area contributed by atoms with Crippen LogP contribution in [-0.2, 0) is 6.54 Å². The van der Waals surface area contributed by atoms with E-state index in [1.54, 1.807) is 12.4 Å². The number of nitrogens with one attached hydrogen (secondary N) is 1. The number of hydrogen-bond donors (Lipinski definition) is 1. The smallest absolute Gasteiger partial charge is 0.0634 e. The summed E-state index contributed by atoms with van der Waals surface area (Å²) in [5, 5.41) is 4.36. The van der Waals surface area contributed by atoms with Gasteiger partial charge in [0.1, 0.15) is 0 Å². The average Bonchev–Trinajstić information content (AvgIpc) is 3.08. The maximum atomic E-state index is 6.09. The van der Waals surface area contributed by atoms with Crippen LogP contribution in [-0.4, -0.2) is 35.1 Å². The highest BCUT2D eigenvalue weighted by Crippen LogP contribution is 2.29. The molecule has 1 aliphatic carbocycles. The fraction of sp³-hybridized carbons (Fsp3) is 0.615. The second kappa shape index (κ2) is 4.92. The molecule has 0 aromatic carbocycles. The van der Waals surface area contributed by atoms with Crippen molar-refractivity contribution in [1.29, 1.82) is 0 Å². The topological polar surface area (TPSA) is 28.2 Å². The van der Waals surface area contributed by atoms with Crippen molar-refractivity contribution in [3.05, 3.63) is 29.0 Å². The zero-order chi connectivity index (χ0) is 11.7. The minimum absolute atomic E-state index is 0.625. The van der Waals surface area contributed by atoms with Crippen molar-refractivity contribution in [2.75, 3.05) is 13.1 Å². The van der Waals surface area contributed by atoms with E-state index in [1.165, 1.54) is 32.4 Å². The normalized spacial score (nSPS) is 25.4. The fourth-order valence-corrected chi connectivity index (χ4v) is 2.71. The van der Waals surface area contributed by atoms with Crippen molar-refractivity contribution < 1.29 is 0 Å². The molecule has 0 spiro atoms. The van der Waals surface area contributed by atoms with Crippen LogP contribution in [0.15, 0.2) is 18.5 Å². The Bertz CT molecular complexity index is 392. The highest BCUT2D eigenvalue weighted by molar-refractivity contribution is 6.31. The Morgan fingerprint density at radius 3 is 3.06 bits per heavy atom. The van der Waals surface area contributed by atoms with E-state index < -0.39 is 0 Å². The lowest BCUT2D eigenvalue weighted by Gasteiger charge is -2.16. The molecule has 3 rings (SSSR count). The number of halogens is 1. The number of hydrogen-bond acceptors (Lipinski definition) is 3. The molecule has 1 saturated carbocycles. The second-order valence-corrected chi connectivity index (χ2v) is 5.47. The highest BCUT2D eigenvalue weighted by atomic mass is 35.5. The molecular formula is C13H18ClN3. The van der Waals surface area contributed by atoms with E-state index in [-0.39, 0.29) is 0 Å². The third-order valence-electron chi connectivity index (χ3n) is 3.72. The summed E-state index contributed by atoms with van der Waals surface area (Å²) in [7, 11) is 0. The van der Waals surface area contributed by atoms with Gasteiger partial charge in [0.25, 0.3) is 0 Å². The Hall–Kier alpha value is -0.640. The van der Waals surface area contributed by atoms with Crippen LogP contribution in [0.4, 0.5) is 0 Å². The molecule has 1 saturated heterocycles. The van der Waals surface area contributed by atoms with E-state index in [1.807, 2.05) is 6.07 Å². The molecule has 1 aliphatic heterocycles. The number of aromatic nitrogens is 1. The average molecular weight is 252 g/mol. The maximum Gasteiger partial charge on any atom is 0.0634 e. The van der Waals surface area contributed by atoms with Crippen molar-refractivity contribution in [2.24, 2.45) is 0 Å². The molecule has 17 heavy (non-hydrogen) atoms. The number of nitrogens with zero attached hydrogens (tertiary/aromatic N) is 2. The molecule has 0 radical (unpaired) electrons. The van der Waals surface area contributed by atoms with Crippen LogP contribution in [0.2, 0.25) is 5.02 Å². The molecule has 0 amide bonds. The molecule has 1 aromatic heterocycles. The van der Waals surface area contributed by atoms with Crippen molar-refractivity contribution in [2.45, 2.75) is 37.9 Å². The van der Waals surface area contributed by atoms with Crippen molar-refractivity contribution in [3.63, 3.8) is 0 Å². The van der Waals surface area contributed by atoms with Crippen LogP contribution < -0.4 is 5.32 Å². The molecule has 2 fully saturated rings. The van der Waals surface area contributed by atoms with Gasteiger partial charge in [0.15, 0.2) is 0 Å². The lowest BCUT2D eigenvalue weighted by molar-refractivity contribution is 0.317. The zero-order valence-corrected chi connectivity index (χ0v) is 10.7. The molecule has 0 bridgehead atoms. The summed E-state index contributed by atoms with van der Waals surface area (Å²) >= 11 is 6.09. The second-order valence-electron chi connectivity index (χ2n) is 5.06. The fourth-order valence-electron chi connectivity index (χ4n) is 2.53. The van der Waals surface area contributed by atoms with Gasteiger partial charge in [-0.1, -0.05) is 11.6 Å². The van der Waals surface area contributed by atoms with Gasteiger partial charge in [-0.2, -0.15) is 0 Å². The molecule has 1 N–H and O–H groups in total. The molecule has 3 nitrogen and oxygen atoms in total. The number of pyridine rings is 1. The Morgan fingerprint density at radius 2 is 2.29 bits per heavy atom. The molecule has 4 heteroatoms. The predicted octanol–water partition coefficient (Wildman–Crippen LogP) is 2.06. The van der Waals surface area contributed by atoms with Gasteiger partial charge in [-0.3, -0.25) is 9.88 Å². The van der Waals surface area contributed by atoms with Gasteiger partial charge in [-0.05, 0) is 30.9 Å². The number of likely N-dealkylation sites (tertiary alicyclic amines) is 1. The van der Waals surface area contributed by atoms with Gasteiger partial charge in [-0.15, -0.1) is 0 Å². The largest absolute Gasteiger partial charge is 0.309 e. The lowest BCUT2D eigenvalue weighted by Crippen LogP contribution is -2.32. The van der Waals surface area contributed by atoms with Gasteiger partial charge in [0.2, 0.25) is 0 Å². The van der Waals surface area contributed by atoms with E-state index in [0.29, 0.717) is 6.04 Å². The first-order valence-electron chi connectivity index (χ1n) is 6.39. The minimum Gasteiger partial charge on any atom is -0.309 e. The molecule has 2 heterocycles. The lowest BCUT2D eigenvalue weighted by atomic mass is 10.2. The van der Waals surface area contributed by atoms with E-state index in [2.05, 4.69) is 15.2 Å². The van der Waals surface area contributed by atoms with Gasteiger partial charge in [0, 0.05) is 44.1 Å². The zero-order valence-electron chi connectivity index (χ0n) is 9.90. The van der Waals surface area contributed by atoms with Gasteiger partial charge in [-0.25, -0.2) is 0 Å². The monoisotopic (exact) mass is 251 g/mol. The molecule has 2 aliphatic rings. The summed E-state index contributed by atoms with van der Waals surface area (Å²) in [5.41, 5.74) is 1.14. The van der Waals surface area contributed by atoms with E-state index in [4.69, 9.17) is 11.6 Å². The Kier molecular flexibility index (Phi) is 3.32. The first-order valence-corrected chi connectivity index (χ1v) is 6.76. The third kappa shape index (κ3) is 2.79. The molecule has 1 unspecified atom stereocenters. The molecule has 92 valence electrons. The Morgan fingerprint density at radius 1 is 1.41 bits per heavy atom. The van der Waals surface area contributed by atoms with Gasteiger partial charge < -0.3 is 5.32 Å². The quantitative estimate of drug-likeness (QED) is 0.888. The SMILES string of the molecule is Clc1cnccc1CNC1CCN(C2CC2)C1. The maximum absolute atomic E-state index is 6.09. The van der Waals surface area contributed by atoms with Crippen molar-refractivity contribution in [1.82, 2.24) is 15.2 Å². The summed E-state index contributed by atoms with van der Waals surface area (Å²) < 4.78 is 0. The van der Waals surface area contributed by atoms with Crippen LogP contribution >= 0.6 is 11.6 Å². The van der Waals surface area contributed by atoms with Crippen LogP contribution in [0.25, 0.3) is 0 Å². The van der Waals surface area contributed by atoms with Crippen LogP contribution in [0.5, 0.6) is 0 Å². The Labute approximate surface area is 107 Å². The third-order valence-corrected chi connectivity index (χ3v) is 4.06. The van der Waals surface area contributed by atoms with E-state index in [0.717, 1.165) is 23.2 Å². The summed E-state index contributed by atoms with van der Waals surface area (Å²) in [6.45, 7) is 3.31. The van der Waals surface area contributed by atoms with E-state index >= 15 is 0 Å². The molecule has 1 atom stereocenters. The van der Waals surface area contributed by atoms with Gasteiger partial charge >= 0.3 is 0 Å². The Balaban J connectivity index is 1.50. The van der Waals surface area contributed by atoms with Gasteiger partial charge in [0.05, 0.1) is 5.02 Å². The highest BCUT2D eigenvalue weighted by Gasteiger charge is 2.33. The summed E-state index contributed by atoms with van der Waals surface area (Å²) in [5.74, 6) is 0. The number of rotatable bonds is 4. The summed E-state index contributed by atoms with van der Waals surface area (Å²) in [6, 6.07) is 3.51. The van der Waals surface area contributed by atoms with Crippen LogP contribution in [0.1, 0.15) is 24.8 Å². The van der Waals surface area contributed by atoms with Crippen molar-refractivity contribution >= 4 is 11.6 Å². The first-order chi connectivity index (χ1) is 8.33. The first kappa shape index (κ1) is 11.5. The summed E-state index contributed by atoms with van der Waals surface area (Å²) in [6.07, 6.45) is 7.59. The molecular weight excluding hydrogens is 234 g/mol. The van der Waals surface area contributed by atoms with Crippen molar-refractivity contribution in [3.8, 4) is 0 Å². The standard InChI is InChI=1S/C13H18ClN3/c14-13-8-15-5-3-10(13)7-16-11-4-6-17(9-11)12-1-2-12/h3,5,8,11-12,16H,1-2,4,6-7,9H2. The van der Waals surface area contributed by atoms with E-state index in [9.17, 15) is 0 Å². The predicted molar refractivity (Wildman–Crippen MR) is 69.1 cm³/mol. The van der Waals surface area contributed by atoms with Crippen LogP contribution in [0, 0.1) is 0 Å². The molecule has 1 aromatic rings. The van der Waals surface area contributed by atoms with Crippen LogP contribution in [0.3, 0.4) is 0 Å². The summed E-state index contributed by atoms with van der Waals surface area (Å²) in [4.78, 5) is 6.62.